The van der Waals surface area contributed by atoms with Gasteiger partial charge in [0, 0.05) is 5.56 Å². The van der Waals surface area contributed by atoms with Gasteiger partial charge in [0.15, 0.2) is 5.78 Å². The van der Waals surface area contributed by atoms with Crippen LogP contribution in [0.1, 0.15) is 22.3 Å². The zero-order chi connectivity index (χ0) is 14.4. The molecule has 0 fully saturated rings. The topological polar surface area (TPSA) is 69.4 Å². The molecule has 0 saturated heterocycles. The van der Waals surface area contributed by atoms with Gasteiger partial charge < -0.3 is 4.74 Å². The van der Waals surface area contributed by atoms with Gasteiger partial charge in [-0.2, -0.15) is 13.2 Å². The van der Waals surface area contributed by atoms with E-state index in [-0.39, 0.29) is 11.1 Å². The van der Waals surface area contributed by atoms with Gasteiger partial charge in [-0.15, -0.1) is 0 Å². The van der Waals surface area contributed by atoms with Gasteiger partial charge >= 0.3 is 6.18 Å². The molecule has 0 radical (unpaired) electrons. The third-order valence-electron chi connectivity index (χ3n) is 2.81. The summed E-state index contributed by atoms with van der Waals surface area (Å²) in [6.45, 7) is 1.40. The lowest BCUT2D eigenvalue weighted by atomic mass is 9.96. The van der Waals surface area contributed by atoms with Crippen LogP contribution in [0.2, 0.25) is 0 Å². The number of carbonyl (C=O) groups is 1. The molecule has 0 unspecified atom stereocenters. The monoisotopic (exact) mass is 275 g/mol. The van der Waals surface area contributed by atoms with Gasteiger partial charge in [0.2, 0.25) is 6.10 Å². The smallest absolute Gasteiger partial charge is 0.425 e. The maximum atomic E-state index is 12.5. The molecule has 1 aromatic rings. The van der Waals surface area contributed by atoms with E-state index in [2.05, 4.69) is 4.74 Å². The zero-order valence-electron chi connectivity index (χ0n) is 9.65. The molecule has 1 aliphatic heterocycles. The molecular formula is C11H8F3NO4. The maximum absolute atomic E-state index is 12.5. The number of rotatable bonds is 1. The van der Waals surface area contributed by atoms with Crippen molar-refractivity contribution in [3.05, 3.63) is 33.4 Å². The molecule has 1 atom stereocenters. The standard InChI is InChI=1S/C11H8F3NO4/c1-5-2-3-7-9(10(5)15(17)18)6(16)4-8(19-7)11(12,13)14/h2-3,8H,4H2,1H3/t8-/m0/s1. The fourth-order valence-corrected chi connectivity index (χ4v) is 1.93. The van der Waals surface area contributed by atoms with E-state index in [1.807, 2.05) is 0 Å². The number of ketones is 1. The number of benzene rings is 1. The Morgan fingerprint density at radius 2 is 2.05 bits per heavy atom. The second kappa shape index (κ2) is 4.22. The first kappa shape index (κ1) is 13.3. The Labute approximate surface area is 105 Å². The largest absolute Gasteiger partial charge is 0.479 e. The van der Waals surface area contributed by atoms with E-state index in [0.29, 0.717) is 0 Å². The molecule has 1 heterocycles. The van der Waals surface area contributed by atoms with Crippen LogP contribution in [0.3, 0.4) is 0 Å². The lowest BCUT2D eigenvalue weighted by Gasteiger charge is -2.26. The van der Waals surface area contributed by atoms with Crippen LogP contribution in [0.25, 0.3) is 0 Å². The highest BCUT2D eigenvalue weighted by Crippen LogP contribution is 2.40. The second-order valence-corrected chi connectivity index (χ2v) is 4.14. The van der Waals surface area contributed by atoms with E-state index in [1.54, 1.807) is 0 Å². The third-order valence-corrected chi connectivity index (χ3v) is 2.81. The lowest BCUT2D eigenvalue weighted by molar-refractivity contribution is -0.385. The first-order chi connectivity index (χ1) is 8.71. The molecule has 8 heteroatoms. The normalized spacial score (nSPS) is 18.7. The number of hydrogen-bond donors (Lipinski definition) is 0. The van der Waals surface area contributed by atoms with Crippen molar-refractivity contribution >= 4 is 11.5 Å². The summed E-state index contributed by atoms with van der Waals surface area (Å²) in [5.41, 5.74) is -0.681. The van der Waals surface area contributed by atoms with E-state index in [9.17, 15) is 28.1 Å². The van der Waals surface area contributed by atoms with Crippen LogP contribution in [-0.2, 0) is 0 Å². The van der Waals surface area contributed by atoms with Gasteiger partial charge in [0.25, 0.3) is 5.69 Å². The Kier molecular flexibility index (Phi) is 2.95. The van der Waals surface area contributed by atoms with Gasteiger partial charge in [-0.3, -0.25) is 14.9 Å². The van der Waals surface area contributed by atoms with E-state index in [0.717, 1.165) is 6.07 Å². The van der Waals surface area contributed by atoms with Crippen molar-refractivity contribution in [1.82, 2.24) is 0 Å². The average molecular weight is 275 g/mol. The number of nitrogens with zero attached hydrogens (tertiary/aromatic N) is 1. The Morgan fingerprint density at radius 1 is 1.42 bits per heavy atom. The Hall–Kier alpha value is -2.12. The highest BCUT2D eigenvalue weighted by molar-refractivity contribution is 6.04. The Bertz CT molecular complexity index is 568. The van der Waals surface area contributed by atoms with Crippen LogP contribution in [0.5, 0.6) is 5.75 Å². The van der Waals surface area contributed by atoms with Gasteiger partial charge in [0.05, 0.1) is 11.3 Å². The quantitative estimate of drug-likeness (QED) is 0.583. The number of ether oxygens (including phenoxy) is 1. The molecule has 0 bridgehead atoms. The van der Waals surface area contributed by atoms with Gasteiger partial charge in [-0.05, 0) is 19.1 Å². The molecule has 19 heavy (non-hydrogen) atoms. The second-order valence-electron chi connectivity index (χ2n) is 4.14. The van der Waals surface area contributed by atoms with Crippen molar-refractivity contribution < 1.29 is 27.6 Å². The number of hydrogen-bond acceptors (Lipinski definition) is 4. The summed E-state index contributed by atoms with van der Waals surface area (Å²) >= 11 is 0. The Morgan fingerprint density at radius 3 is 2.58 bits per heavy atom. The number of fused-ring (bicyclic) bond motifs is 1. The summed E-state index contributed by atoms with van der Waals surface area (Å²) in [5, 5.41) is 10.9. The minimum Gasteiger partial charge on any atom is -0.479 e. The minimum atomic E-state index is -4.69. The SMILES string of the molecule is Cc1ccc2c(c1[N+](=O)[O-])C(=O)C[C@@H](C(F)(F)F)O2. The summed E-state index contributed by atoms with van der Waals surface area (Å²) < 4.78 is 42.3. The van der Waals surface area contributed by atoms with Crippen molar-refractivity contribution in [3.63, 3.8) is 0 Å². The average Bonchev–Trinajstić information content (AvgIpc) is 2.27. The minimum absolute atomic E-state index is 0.200. The van der Waals surface area contributed by atoms with E-state index in [1.165, 1.54) is 13.0 Å². The van der Waals surface area contributed by atoms with Crippen LogP contribution in [0, 0.1) is 17.0 Å². The van der Waals surface area contributed by atoms with Crippen molar-refractivity contribution in [3.8, 4) is 5.75 Å². The highest BCUT2D eigenvalue weighted by atomic mass is 19.4. The number of Topliss-reactive ketones (excluding diaryl/α,β-unsaturated/α-hetero) is 1. The number of alkyl halides is 3. The summed E-state index contributed by atoms with van der Waals surface area (Å²) in [6, 6.07) is 2.40. The van der Waals surface area contributed by atoms with Crippen molar-refractivity contribution in [2.75, 3.05) is 0 Å². The Balaban J connectivity index is 2.55. The molecule has 0 aliphatic carbocycles. The van der Waals surface area contributed by atoms with Crippen molar-refractivity contribution in [1.29, 1.82) is 0 Å². The van der Waals surface area contributed by atoms with E-state index >= 15 is 0 Å². The predicted molar refractivity (Wildman–Crippen MR) is 57.3 cm³/mol. The predicted octanol–water partition coefficient (Wildman–Crippen LogP) is 2.80. The molecule has 2 rings (SSSR count). The maximum Gasteiger partial charge on any atom is 0.425 e. The summed E-state index contributed by atoms with van der Waals surface area (Å²) in [6.07, 6.45) is -7.89. The van der Waals surface area contributed by atoms with Crippen LogP contribution < -0.4 is 4.74 Å². The van der Waals surface area contributed by atoms with Gasteiger partial charge in [0.1, 0.15) is 11.3 Å². The van der Waals surface area contributed by atoms with E-state index in [4.69, 9.17) is 0 Å². The van der Waals surface area contributed by atoms with Crippen LogP contribution in [0.15, 0.2) is 12.1 Å². The van der Waals surface area contributed by atoms with Crippen molar-refractivity contribution in [2.45, 2.75) is 25.6 Å². The molecular weight excluding hydrogens is 267 g/mol. The fourth-order valence-electron chi connectivity index (χ4n) is 1.93. The number of nitro groups is 1. The number of nitro benzene ring substituents is 1. The van der Waals surface area contributed by atoms with Crippen LogP contribution >= 0.6 is 0 Å². The summed E-state index contributed by atoms with van der Waals surface area (Å²) in [5.74, 6) is -1.32. The van der Waals surface area contributed by atoms with Crippen LogP contribution in [-0.4, -0.2) is 23.0 Å². The molecule has 1 aromatic carbocycles. The summed E-state index contributed by atoms with van der Waals surface area (Å²) in [4.78, 5) is 21.8. The molecule has 0 amide bonds. The first-order valence-corrected chi connectivity index (χ1v) is 5.26. The molecule has 102 valence electrons. The van der Waals surface area contributed by atoms with Crippen molar-refractivity contribution in [2.24, 2.45) is 0 Å². The van der Waals surface area contributed by atoms with Gasteiger partial charge in [-0.25, -0.2) is 0 Å². The molecule has 0 saturated carbocycles. The fraction of sp³-hybridized carbons (Fsp3) is 0.364. The zero-order valence-corrected chi connectivity index (χ0v) is 9.65. The number of aryl methyl sites for hydroxylation is 1. The molecule has 5 nitrogen and oxygen atoms in total. The molecule has 0 aromatic heterocycles. The lowest BCUT2D eigenvalue weighted by Crippen LogP contribution is -2.39. The summed E-state index contributed by atoms with van der Waals surface area (Å²) in [7, 11) is 0. The highest BCUT2D eigenvalue weighted by Gasteiger charge is 2.47. The number of halogens is 3. The molecule has 0 N–H and O–H groups in total. The first-order valence-electron chi connectivity index (χ1n) is 5.26. The molecule has 1 aliphatic rings. The van der Waals surface area contributed by atoms with Crippen LogP contribution in [0.4, 0.5) is 18.9 Å². The molecule has 0 spiro atoms. The van der Waals surface area contributed by atoms with Gasteiger partial charge in [-0.1, -0.05) is 0 Å². The van der Waals surface area contributed by atoms with E-state index < -0.39 is 40.8 Å². The third kappa shape index (κ3) is 2.25. The number of carbonyl (C=O) groups excluding carboxylic acids is 1.